The lowest BCUT2D eigenvalue weighted by Crippen LogP contribution is -1.94. The number of phenolic OH excluding ortho intramolecular Hbond substituents is 1. The Morgan fingerprint density at radius 2 is 2.00 bits per heavy atom. The topological polar surface area (TPSA) is 75.4 Å². The van der Waals surface area contributed by atoms with Gasteiger partial charge in [-0.2, -0.15) is 0 Å². The van der Waals surface area contributed by atoms with E-state index >= 15 is 0 Å². The van der Waals surface area contributed by atoms with E-state index in [1.165, 1.54) is 0 Å². The number of anilines is 1. The maximum Gasteiger partial charge on any atom is 0.231 e. The molecule has 1 aromatic heterocycles. The Labute approximate surface area is 108 Å². The van der Waals surface area contributed by atoms with Crippen molar-refractivity contribution in [2.45, 2.75) is 0 Å². The smallest absolute Gasteiger partial charge is 0.231 e. The Bertz CT molecular complexity index is 716. The number of fused-ring (bicyclic) bond motifs is 1. The van der Waals surface area contributed by atoms with E-state index in [2.05, 4.69) is 10.3 Å². The van der Waals surface area contributed by atoms with E-state index in [-0.39, 0.29) is 5.75 Å². The average Bonchev–Trinajstić information content (AvgIpc) is 2.85. The van der Waals surface area contributed by atoms with E-state index in [1.807, 2.05) is 18.2 Å². The highest BCUT2D eigenvalue weighted by molar-refractivity contribution is 5.83. The molecule has 2 aromatic carbocycles. The fourth-order valence-electron chi connectivity index (χ4n) is 1.88. The highest BCUT2D eigenvalue weighted by Gasteiger charge is 2.14. The number of rotatable bonds is 3. The number of amides is 1. The van der Waals surface area contributed by atoms with Gasteiger partial charge in [-0.3, -0.25) is 4.79 Å². The van der Waals surface area contributed by atoms with Gasteiger partial charge in [-0.25, -0.2) is 4.98 Å². The molecule has 0 radical (unpaired) electrons. The van der Waals surface area contributed by atoms with E-state index in [0.717, 1.165) is 0 Å². The molecule has 94 valence electrons. The molecule has 5 nitrogen and oxygen atoms in total. The molecule has 19 heavy (non-hydrogen) atoms. The summed E-state index contributed by atoms with van der Waals surface area (Å²) in [5.41, 5.74) is 2.11. The van der Waals surface area contributed by atoms with Crippen LogP contribution in [0.2, 0.25) is 0 Å². The minimum Gasteiger partial charge on any atom is -0.505 e. The lowest BCUT2D eigenvalue weighted by Gasteiger charge is -2.05. The summed E-state index contributed by atoms with van der Waals surface area (Å²) in [7, 11) is 0. The maximum atomic E-state index is 10.5. The lowest BCUT2D eigenvalue weighted by molar-refractivity contribution is -0.105. The number of para-hydroxylation sites is 3. The Hall–Kier alpha value is -2.82. The second-order valence-electron chi connectivity index (χ2n) is 3.95. The van der Waals surface area contributed by atoms with Crippen LogP contribution in [0.25, 0.3) is 22.6 Å². The summed E-state index contributed by atoms with van der Waals surface area (Å²) < 4.78 is 5.58. The molecule has 0 aliphatic heterocycles. The molecule has 0 atom stereocenters. The molecule has 0 spiro atoms. The fraction of sp³-hybridized carbons (Fsp3) is 0. The normalized spacial score (nSPS) is 10.5. The zero-order chi connectivity index (χ0) is 13.2. The molecule has 1 amide bonds. The van der Waals surface area contributed by atoms with Crippen LogP contribution in [0.5, 0.6) is 5.75 Å². The van der Waals surface area contributed by atoms with Gasteiger partial charge in [0.1, 0.15) is 5.52 Å². The van der Waals surface area contributed by atoms with Crippen molar-refractivity contribution in [3.8, 4) is 17.2 Å². The fourth-order valence-corrected chi connectivity index (χ4v) is 1.88. The summed E-state index contributed by atoms with van der Waals surface area (Å²) in [5.74, 6) is 0.245. The molecular formula is C14H10N2O3. The number of nitrogens with zero attached hydrogens (tertiary/aromatic N) is 1. The summed E-state index contributed by atoms with van der Waals surface area (Å²) in [4.78, 5) is 14.8. The Morgan fingerprint density at radius 3 is 2.79 bits per heavy atom. The van der Waals surface area contributed by atoms with Crippen LogP contribution in [0.3, 0.4) is 0 Å². The van der Waals surface area contributed by atoms with Gasteiger partial charge in [0, 0.05) is 0 Å². The molecule has 0 fully saturated rings. The largest absolute Gasteiger partial charge is 0.505 e. The van der Waals surface area contributed by atoms with Crippen molar-refractivity contribution in [1.82, 2.24) is 4.98 Å². The number of carbonyl (C=O) groups excluding carboxylic acids is 1. The summed E-state index contributed by atoms with van der Waals surface area (Å²) in [6, 6.07) is 12.3. The minimum atomic E-state index is -0.0684. The first-order chi connectivity index (χ1) is 9.29. The first kappa shape index (κ1) is 11.3. The number of aromatic hydroxyl groups is 1. The van der Waals surface area contributed by atoms with E-state index in [0.29, 0.717) is 34.7 Å². The maximum absolute atomic E-state index is 10.5. The van der Waals surface area contributed by atoms with Crippen molar-refractivity contribution >= 4 is 23.2 Å². The van der Waals surface area contributed by atoms with Gasteiger partial charge in [0.05, 0.1) is 11.3 Å². The van der Waals surface area contributed by atoms with E-state index in [4.69, 9.17) is 4.42 Å². The van der Waals surface area contributed by atoms with Crippen LogP contribution in [0, 0.1) is 0 Å². The summed E-state index contributed by atoms with van der Waals surface area (Å²) >= 11 is 0. The highest BCUT2D eigenvalue weighted by Crippen LogP contribution is 2.35. The van der Waals surface area contributed by atoms with Gasteiger partial charge in [0.15, 0.2) is 11.3 Å². The van der Waals surface area contributed by atoms with Crippen molar-refractivity contribution in [3.05, 3.63) is 42.5 Å². The van der Waals surface area contributed by atoms with E-state index in [1.54, 1.807) is 24.3 Å². The van der Waals surface area contributed by atoms with Crippen LogP contribution < -0.4 is 5.32 Å². The van der Waals surface area contributed by atoms with E-state index in [9.17, 15) is 9.90 Å². The van der Waals surface area contributed by atoms with Gasteiger partial charge >= 0.3 is 0 Å². The van der Waals surface area contributed by atoms with Crippen LogP contribution in [0.1, 0.15) is 0 Å². The van der Waals surface area contributed by atoms with Crippen LogP contribution in [0.15, 0.2) is 46.9 Å². The zero-order valence-electron chi connectivity index (χ0n) is 9.83. The second-order valence-corrected chi connectivity index (χ2v) is 3.95. The lowest BCUT2D eigenvalue weighted by atomic mass is 10.1. The Balaban J connectivity index is 2.15. The molecular weight excluding hydrogens is 244 g/mol. The van der Waals surface area contributed by atoms with Crippen molar-refractivity contribution < 1.29 is 14.3 Å². The van der Waals surface area contributed by atoms with Gasteiger partial charge in [-0.05, 0) is 24.3 Å². The summed E-state index contributed by atoms with van der Waals surface area (Å²) in [6.07, 6.45) is 0.505. The molecule has 2 N–H and O–H groups in total. The quantitative estimate of drug-likeness (QED) is 0.556. The van der Waals surface area contributed by atoms with Crippen LogP contribution in [-0.4, -0.2) is 16.5 Å². The molecule has 0 aliphatic rings. The highest BCUT2D eigenvalue weighted by atomic mass is 16.3. The molecule has 0 saturated carbocycles. The van der Waals surface area contributed by atoms with Gasteiger partial charge in [0.25, 0.3) is 0 Å². The predicted molar refractivity (Wildman–Crippen MR) is 70.8 cm³/mol. The number of hydrogen-bond donors (Lipinski definition) is 2. The van der Waals surface area contributed by atoms with Gasteiger partial charge in [-0.1, -0.05) is 18.2 Å². The van der Waals surface area contributed by atoms with Crippen molar-refractivity contribution in [1.29, 1.82) is 0 Å². The van der Waals surface area contributed by atoms with Crippen LogP contribution in [-0.2, 0) is 4.79 Å². The van der Waals surface area contributed by atoms with Gasteiger partial charge in [-0.15, -0.1) is 0 Å². The number of hydrogen-bond acceptors (Lipinski definition) is 4. The molecule has 1 heterocycles. The molecule has 3 aromatic rings. The zero-order valence-corrected chi connectivity index (χ0v) is 9.83. The molecule has 5 heteroatoms. The average molecular weight is 254 g/mol. The molecule has 0 bridgehead atoms. The number of phenols is 1. The first-order valence-electron chi connectivity index (χ1n) is 5.67. The third-order valence-electron chi connectivity index (χ3n) is 2.77. The Kier molecular flexibility index (Phi) is 2.64. The number of carbonyl (C=O) groups is 1. The standard InChI is InChI=1S/C14H10N2O3/c17-8-15-11-6-3-4-9(13(11)18)14-16-10-5-1-2-7-12(10)19-14/h1-8,18H,(H,15,17). The summed E-state index contributed by atoms with van der Waals surface area (Å²) in [5, 5.41) is 12.5. The van der Waals surface area contributed by atoms with Crippen molar-refractivity contribution in [3.63, 3.8) is 0 Å². The Morgan fingerprint density at radius 1 is 1.16 bits per heavy atom. The number of nitrogens with one attached hydrogen (secondary N) is 1. The van der Waals surface area contributed by atoms with Crippen LogP contribution in [0.4, 0.5) is 5.69 Å². The molecule has 0 saturated heterocycles. The number of benzene rings is 2. The van der Waals surface area contributed by atoms with Gasteiger partial charge < -0.3 is 14.8 Å². The third-order valence-corrected chi connectivity index (χ3v) is 2.77. The molecule has 0 unspecified atom stereocenters. The monoisotopic (exact) mass is 254 g/mol. The molecule has 3 rings (SSSR count). The minimum absolute atomic E-state index is 0.0684. The van der Waals surface area contributed by atoms with Gasteiger partial charge in [0.2, 0.25) is 12.3 Å². The number of oxazole rings is 1. The summed E-state index contributed by atoms with van der Waals surface area (Å²) in [6.45, 7) is 0. The van der Waals surface area contributed by atoms with Crippen molar-refractivity contribution in [2.24, 2.45) is 0 Å². The number of aromatic nitrogens is 1. The third kappa shape index (κ3) is 1.91. The van der Waals surface area contributed by atoms with E-state index < -0.39 is 0 Å². The predicted octanol–water partition coefficient (Wildman–Crippen LogP) is 2.77. The second kappa shape index (κ2) is 4.45. The first-order valence-corrected chi connectivity index (χ1v) is 5.67. The van der Waals surface area contributed by atoms with Crippen molar-refractivity contribution in [2.75, 3.05) is 5.32 Å². The molecule has 0 aliphatic carbocycles. The SMILES string of the molecule is O=CNc1cccc(-c2nc3ccccc3o2)c1O. The van der Waals surface area contributed by atoms with Crippen LogP contribution >= 0.6 is 0 Å².